The van der Waals surface area contributed by atoms with Crippen molar-refractivity contribution in [1.29, 1.82) is 0 Å². The largest absolute Gasteiger partial charge is 0.298 e. The highest BCUT2D eigenvalue weighted by atomic mass is 32.1. The zero-order valence-electron chi connectivity index (χ0n) is 5.94. The van der Waals surface area contributed by atoms with Crippen LogP contribution in [0, 0.1) is 6.92 Å². The molecular formula is C7H6N2OS. The lowest BCUT2D eigenvalue weighted by Crippen LogP contribution is -2.10. The fourth-order valence-electron chi connectivity index (χ4n) is 0.965. The van der Waals surface area contributed by atoms with E-state index in [9.17, 15) is 4.79 Å². The highest BCUT2D eigenvalue weighted by Gasteiger charge is 2.00. The minimum Gasteiger partial charge on any atom is -0.298 e. The minimum absolute atomic E-state index is 0.132. The predicted molar refractivity (Wildman–Crippen MR) is 44.1 cm³/mol. The molecule has 2 rings (SSSR count). The Balaban J connectivity index is 3.04. The molecule has 0 radical (unpaired) electrons. The third kappa shape index (κ3) is 0.867. The van der Waals surface area contributed by atoms with Crippen molar-refractivity contribution in [2.24, 2.45) is 0 Å². The Morgan fingerprint density at radius 1 is 1.64 bits per heavy atom. The second-order valence-corrected chi connectivity index (χ2v) is 3.18. The maximum absolute atomic E-state index is 11.0. The minimum atomic E-state index is -0.132. The highest BCUT2D eigenvalue weighted by Crippen LogP contribution is 2.11. The molecule has 3 nitrogen and oxygen atoms in total. The summed E-state index contributed by atoms with van der Waals surface area (Å²) in [6.45, 7) is 1.79. The van der Waals surface area contributed by atoms with Crippen LogP contribution in [0.4, 0.5) is 0 Å². The van der Waals surface area contributed by atoms with Gasteiger partial charge in [-0.3, -0.25) is 9.20 Å². The molecule has 11 heavy (non-hydrogen) atoms. The Labute approximate surface area is 66.9 Å². The van der Waals surface area contributed by atoms with Gasteiger partial charge in [0, 0.05) is 11.6 Å². The summed E-state index contributed by atoms with van der Waals surface area (Å²) >= 11 is 1.55. The Morgan fingerprint density at radius 3 is 3.27 bits per heavy atom. The van der Waals surface area contributed by atoms with E-state index in [1.54, 1.807) is 24.6 Å². The van der Waals surface area contributed by atoms with Gasteiger partial charge in [0.05, 0.1) is 5.56 Å². The Kier molecular flexibility index (Phi) is 1.29. The Hall–Kier alpha value is -1.16. The van der Waals surface area contributed by atoms with Gasteiger partial charge in [-0.15, -0.1) is 11.3 Å². The predicted octanol–water partition coefficient (Wildman–Crippen LogP) is 1.06. The number of hydrogen-bond donors (Lipinski definition) is 0. The summed E-state index contributed by atoms with van der Waals surface area (Å²) in [6, 6.07) is 0. The summed E-state index contributed by atoms with van der Waals surface area (Å²) in [6.07, 6.45) is 3.43. The summed E-state index contributed by atoms with van der Waals surface area (Å²) in [5.41, 5.74) is 0.593. The van der Waals surface area contributed by atoms with E-state index in [1.165, 1.54) is 0 Å². The van der Waals surface area contributed by atoms with Gasteiger partial charge >= 0.3 is 0 Å². The lowest BCUT2D eigenvalue weighted by Gasteiger charge is -1.92. The molecule has 0 spiro atoms. The van der Waals surface area contributed by atoms with Crippen LogP contribution in [0.1, 0.15) is 5.56 Å². The fraction of sp³-hybridized carbons (Fsp3) is 0.143. The molecule has 0 unspecified atom stereocenters. The molecule has 0 saturated carbocycles. The number of fused-ring (bicyclic) bond motifs is 1. The molecule has 0 N–H and O–H groups in total. The normalized spacial score (nSPS) is 10.6. The third-order valence-electron chi connectivity index (χ3n) is 1.58. The zero-order chi connectivity index (χ0) is 7.84. The molecule has 0 bridgehead atoms. The molecule has 2 aromatic rings. The average molecular weight is 166 g/mol. The topological polar surface area (TPSA) is 34.4 Å². The van der Waals surface area contributed by atoms with E-state index in [4.69, 9.17) is 0 Å². The van der Waals surface area contributed by atoms with Crippen LogP contribution >= 0.6 is 11.3 Å². The zero-order valence-corrected chi connectivity index (χ0v) is 6.76. The third-order valence-corrected chi connectivity index (χ3v) is 2.57. The average Bonchev–Trinajstić information content (AvgIpc) is 2.45. The molecule has 0 aliphatic rings. The lowest BCUT2D eigenvalue weighted by atomic mass is 10.4. The van der Waals surface area contributed by atoms with Gasteiger partial charge in [-0.25, -0.2) is 0 Å². The van der Waals surface area contributed by atoms with E-state index in [-0.39, 0.29) is 5.56 Å². The monoisotopic (exact) mass is 166 g/mol. The molecule has 2 heterocycles. The maximum Gasteiger partial charge on any atom is 0.277 e. The van der Waals surface area contributed by atoms with Crippen molar-refractivity contribution in [3.05, 3.63) is 33.8 Å². The van der Waals surface area contributed by atoms with E-state index < -0.39 is 0 Å². The van der Waals surface area contributed by atoms with Crippen LogP contribution in [0.3, 0.4) is 0 Å². The van der Waals surface area contributed by atoms with Crippen LogP contribution in [0.2, 0.25) is 0 Å². The van der Waals surface area contributed by atoms with E-state index in [1.807, 2.05) is 16.0 Å². The van der Waals surface area contributed by atoms with Crippen LogP contribution in [-0.2, 0) is 0 Å². The molecule has 0 fully saturated rings. The Morgan fingerprint density at radius 2 is 2.45 bits per heavy atom. The summed E-state index contributed by atoms with van der Waals surface area (Å²) in [7, 11) is 0. The van der Waals surface area contributed by atoms with Crippen molar-refractivity contribution in [3.8, 4) is 0 Å². The van der Waals surface area contributed by atoms with Crippen LogP contribution in [0.15, 0.2) is 22.7 Å². The van der Waals surface area contributed by atoms with Gasteiger partial charge in [0.15, 0.2) is 0 Å². The van der Waals surface area contributed by atoms with Gasteiger partial charge in [0.1, 0.15) is 11.2 Å². The number of hydrogen-bond acceptors (Lipinski definition) is 3. The summed E-state index contributed by atoms with van der Waals surface area (Å²) < 4.78 is 1.85. The second-order valence-electron chi connectivity index (χ2n) is 2.29. The molecule has 0 saturated heterocycles. The SMILES string of the molecule is Cc1c(=O)ncn2ccsc12. The number of aromatic nitrogens is 2. The van der Waals surface area contributed by atoms with E-state index >= 15 is 0 Å². The number of rotatable bonds is 0. The standard InChI is InChI=1S/C7H6N2OS/c1-5-6(10)8-4-9-2-3-11-7(5)9/h2-4H,1H3. The van der Waals surface area contributed by atoms with E-state index in [0.717, 1.165) is 10.4 Å². The van der Waals surface area contributed by atoms with Crippen molar-refractivity contribution >= 4 is 16.2 Å². The van der Waals surface area contributed by atoms with Crippen molar-refractivity contribution in [2.45, 2.75) is 6.92 Å². The van der Waals surface area contributed by atoms with Gasteiger partial charge in [-0.05, 0) is 6.92 Å². The maximum atomic E-state index is 11.0. The number of nitrogens with zero attached hydrogens (tertiary/aromatic N) is 2. The van der Waals surface area contributed by atoms with Gasteiger partial charge in [0.25, 0.3) is 5.56 Å². The lowest BCUT2D eigenvalue weighted by molar-refractivity contribution is 1.04. The quantitative estimate of drug-likeness (QED) is 0.586. The van der Waals surface area contributed by atoms with Crippen molar-refractivity contribution in [1.82, 2.24) is 9.38 Å². The van der Waals surface area contributed by atoms with Crippen LogP contribution in [0.5, 0.6) is 0 Å². The first-order valence-corrected chi connectivity index (χ1v) is 4.08. The van der Waals surface area contributed by atoms with Crippen LogP contribution < -0.4 is 5.56 Å². The van der Waals surface area contributed by atoms with E-state index in [0.29, 0.717) is 0 Å². The van der Waals surface area contributed by atoms with Crippen LogP contribution in [0.25, 0.3) is 4.83 Å². The fourth-order valence-corrected chi connectivity index (χ4v) is 1.78. The molecule has 0 amide bonds. The van der Waals surface area contributed by atoms with Gasteiger partial charge in [-0.2, -0.15) is 4.98 Å². The van der Waals surface area contributed by atoms with Crippen molar-refractivity contribution < 1.29 is 0 Å². The number of aryl methyl sites for hydroxylation is 1. The van der Waals surface area contributed by atoms with Gasteiger partial charge in [0.2, 0.25) is 0 Å². The molecule has 0 aromatic carbocycles. The molecule has 56 valence electrons. The number of thiazole rings is 1. The summed E-state index contributed by atoms with van der Waals surface area (Å²) in [5.74, 6) is 0. The molecule has 4 heteroatoms. The summed E-state index contributed by atoms with van der Waals surface area (Å²) in [4.78, 5) is 15.7. The van der Waals surface area contributed by atoms with Crippen molar-refractivity contribution in [2.75, 3.05) is 0 Å². The van der Waals surface area contributed by atoms with Crippen LogP contribution in [-0.4, -0.2) is 9.38 Å². The first-order valence-electron chi connectivity index (χ1n) is 3.20. The molecule has 0 aliphatic carbocycles. The second kappa shape index (κ2) is 2.17. The highest BCUT2D eigenvalue weighted by molar-refractivity contribution is 7.15. The first-order chi connectivity index (χ1) is 5.29. The van der Waals surface area contributed by atoms with Crippen molar-refractivity contribution in [3.63, 3.8) is 0 Å². The molecule has 2 aromatic heterocycles. The molecule has 0 atom stereocenters. The van der Waals surface area contributed by atoms with Gasteiger partial charge < -0.3 is 0 Å². The first kappa shape index (κ1) is 6.54. The van der Waals surface area contributed by atoms with Gasteiger partial charge in [-0.1, -0.05) is 0 Å². The summed E-state index contributed by atoms with van der Waals surface area (Å²) in [5, 5.41) is 1.93. The Bertz CT molecular complexity index is 443. The molecule has 0 aliphatic heterocycles. The molecular weight excluding hydrogens is 160 g/mol. The van der Waals surface area contributed by atoms with E-state index in [2.05, 4.69) is 4.98 Å². The smallest absolute Gasteiger partial charge is 0.277 e.